The van der Waals surface area contributed by atoms with Gasteiger partial charge in [0.05, 0.1) is 22.5 Å². The number of nitrogens with one attached hydrogen (secondary N) is 1. The van der Waals surface area contributed by atoms with Gasteiger partial charge in [-0.15, -0.1) is 0 Å². The molecule has 0 spiro atoms. The van der Waals surface area contributed by atoms with Gasteiger partial charge >= 0.3 is 0 Å². The fourth-order valence-corrected chi connectivity index (χ4v) is 5.16. The van der Waals surface area contributed by atoms with Crippen LogP contribution in [-0.4, -0.2) is 35.2 Å². The first-order chi connectivity index (χ1) is 17.8. The number of rotatable bonds is 9. The van der Waals surface area contributed by atoms with E-state index in [4.69, 9.17) is 21.1 Å². The van der Waals surface area contributed by atoms with E-state index in [1.165, 1.54) is 4.90 Å². The molecule has 0 atom stereocenters. The van der Waals surface area contributed by atoms with Crippen LogP contribution in [0.25, 0.3) is 6.08 Å². The summed E-state index contributed by atoms with van der Waals surface area (Å²) in [7, 11) is 0. The summed E-state index contributed by atoms with van der Waals surface area (Å²) in [6, 6.07) is 19.5. The average molecular weight is 602 g/mol. The minimum Gasteiger partial charge on any atom is -0.490 e. The molecule has 1 fully saturated rings. The van der Waals surface area contributed by atoms with E-state index in [0.29, 0.717) is 38.9 Å². The van der Waals surface area contributed by atoms with Crippen LogP contribution in [0.4, 0.5) is 10.5 Å². The number of benzene rings is 3. The predicted molar refractivity (Wildman–Crippen MR) is 149 cm³/mol. The smallest absolute Gasteiger partial charge is 0.293 e. The molecule has 3 aromatic carbocycles. The second-order valence-corrected chi connectivity index (χ2v) is 10.1. The maximum Gasteiger partial charge on any atom is 0.293 e. The topological polar surface area (TPSA) is 84.9 Å². The zero-order valence-electron chi connectivity index (χ0n) is 19.7. The van der Waals surface area contributed by atoms with Crippen molar-refractivity contribution in [1.29, 1.82) is 0 Å². The molecule has 1 heterocycles. The van der Waals surface area contributed by atoms with Crippen molar-refractivity contribution in [1.82, 2.24) is 4.90 Å². The molecule has 7 nitrogen and oxygen atoms in total. The summed E-state index contributed by atoms with van der Waals surface area (Å²) in [6.07, 6.45) is 1.63. The number of amides is 3. The van der Waals surface area contributed by atoms with Gasteiger partial charge in [0, 0.05) is 10.7 Å². The van der Waals surface area contributed by atoms with Crippen molar-refractivity contribution in [3.63, 3.8) is 0 Å². The highest BCUT2D eigenvalue weighted by Gasteiger charge is 2.35. The highest BCUT2D eigenvalue weighted by molar-refractivity contribution is 9.10. The summed E-state index contributed by atoms with van der Waals surface area (Å²) >= 11 is 10.4. The minimum absolute atomic E-state index is 0.133. The monoisotopic (exact) mass is 600 g/mol. The summed E-state index contributed by atoms with van der Waals surface area (Å²) in [5, 5.41) is 2.94. The molecule has 1 aliphatic rings. The minimum atomic E-state index is -0.387. The Morgan fingerprint density at radius 3 is 2.59 bits per heavy atom. The van der Waals surface area contributed by atoms with E-state index in [9.17, 15) is 14.4 Å². The highest BCUT2D eigenvalue weighted by atomic mass is 79.9. The Labute approximate surface area is 231 Å². The number of hydrogen-bond acceptors (Lipinski definition) is 6. The van der Waals surface area contributed by atoms with E-state index in [2.05, 4.69) is 21.2 Å². The van der Waals surface area contributed by atoms with Crippen molar-refractivity contribution in [3.05, 3.63) is 92.3 Å². The van der Waals surface area contributed by atoms with Crippen LogP contribution in [0.1, 0.15) is 18.1 Å². The molecule has 3 amide bonds. The van der Waals surface area contributed by atoms with Gasteiger partial charge in [-0.3, -0.25) is 19.3 Å². The predicted octanol–water partition coefficient (Wildman–Crippen LogP) is 6.76. The molecule has 1 aliphatic heterocycles. The van der Waals surface area contributed by atoms with Crippen LogP contribution >= 0.6 is 39.3 Å². The van der Waals surface area contributed by atoms with Gasteiger partial charge in [-0.2, -0.15) is 0 Å². The molecule has 4 rings (SSSR count). The second-order valence-electron chi connectivity index (χ2n) is 7.86. The van der Waals surface area contributed by atoms with Gasteiger partial charge in [0.1, 0.15) is 0 Å². The second kappa shape index (κ2) is 12.3. The number of hydrogen-bond donors (Lipinski definition) is 1. The lowest BCUT2D eigenvalue weighted by Crippen LogP contribution is -2.27. The third-order valence-electron chi connectivity index (χ3n) is 5.14. The number of nitrogens with zero attached hydrogens (tertiary/aromatic N) is 1. The quantitative estimate of drug-likeness (QED) is 0.273. The summed E-state index contributed by atoms with van der Waals surface area (Å²) < 4.78 is 12.0. The molecule has 190 valence electrons. The maximum absolute atomic E-state index is 13.0. The van der Waals surface area contributed by atoms with Gasteiger partial charge in [0.15, 0.2) is 18.1 Å². The molecule has 10 heteroatoms. The van der Waals surface area contributed by atoms with Crippen LogP contribution in [0.5, 0.6) is 11.5 Å². The lowest BCUT2D eigenvalue weighted by molar-refractivity contribution is -0.123. The first-order valence-corrected chi connectivity index (χ1v) is 13.3. The molecule has 1 N–H and O–H groups in total. The van der Waals surface area contributed by atoms with Gasteiger partial charge in [-0.05, 0) is 88.2 Å². The van der Waals surface area contributed by atoms with Gasteiger partial charge in [0.25, 0.3) is 17.1 Å². The largest absolute Gasteiger partial charge is 0.490 e. The van der Waals surface area contributed by atoms with Crippen LogP contribution in [0.3, 0.4) is 0 Å². The fourth-order valence-electron chi connectivity index (χ4n) is 3.54. The standard InChI is InChI=1S/C27H22BrClN2O5S/c1-2-35-22-13-18(12-21(28)25(22)36-16-24(32)30-20-9-4-3-5-10-20)14-23-26(33)31(27(34)37-23)15-17-7-6-8-19(29)11-17/h3-14H,2,15-16H2,1H3,(H,30,32)/b23-14-. The first kappa shape index (κ1) is 26.8. The highest BCUT2D eigenvalue weighted by Crippen LogP contribution is 2.39. The first-order valence-electron chi connectivity index (χ1n) is 11.3. The zero-order chi connectivity index (χ0) is 26.4. The Kier molecular flexibility index (Phi) is 8.91. The molecule has 0 aliphatic carbocycles. The van der Waals surface area contributed by atoms with Crippen LogP contribution in [-0.2, 0) is 16.1 Å². The van der Waals surface area contributed by atoms with Crippen LogP contribution in [0.15, 0.2) is 76.1 Å². The molecule has 3 aromatic rings. The van der Waals surface area contributed by atoms with Crippen molar-refractivity contribution in [2.45, 2.75) is 13.5 Å². The third kappa shape index (κ3) is 6.94. The molecule has 0 saturated carbocycles. The Balaban J connectivity index is 1.49. The van der Waals surface area contributed by atoms with Crippen molar-refractivity contribution in [2.24, 2.45) is 0 Å². The average Bonchev–Trinajstić information content (AvgIpc) is 3.11. The lowest BCUT2D eigenvalue weighted by atomic mass is 10.1. The van der Waals surface area contributed by atoms with Gasteiger partial charge < -0.3 is 14.8 Å². The van der Waals surface area contributed by atoms with E-state index < -0.39 is 0 Å². The van der Waals surface area contributed by atoms with E-state index in [0.717, 1.165) is 17.3 Å². The van der Waals surface area contributed by atoms with Crippen molar-refractivity contribution >= 4 is 68.1 Å². The van der Waals surface area contributed by atoms with E-state index in [1.54, 1.807) is 48.5 Å². The van der Waals surface area contributed by atoms with Crippen molar-refractivity contribution in [2.75, 3.05) is 18.5 Å². The van der Waals surface area contributed by atoms with Crippen LogP contribution < -0.4 is 14.8 Å². The number of carbonyl (C=O) groups is 3. The number of para-hydroxylation sites is 1. The number of anilines is 1. The number of carbonyl (C=O) groups excluding carboxylic acids is 3. The Morgan fingerprint density at radius 2 is 1.86 bits per heavy atom. The SMILES string of the molecule is CCOc1cc(/C=C2\SC(=O)N(Cc3cccc(Cl)c3)C2=O)cc(Br)c1OCC(=O)Nc1ccccc1. The Morgan fingerprint density at radius 1 is 1.08 bits per heavy atom. The summed E-state index contributed by atoms with van der Waals surface area (Å²) in [4.78, 5) is 39.3. The van der Waals surface area contributed by atoms with Crippen molar-refractivity contribution in [3.8, 4) is 11.5 Å². The summed E-state index contributed by atoms with van der Waals surface area (Å²) in [5.74, 6) is 0.0463. The van der Waals surface area contributed by atoms with Gasteiger partial charge in [0.2, 0.25) is 0 Å². The molecule has 37 heavy (non-hydrogen) atoms. The van der Waals surface area contributed by atoms with E-state index >= 15 is 0 Å². The van der Waals surface area contributed by atoms with Gasteiger partial charge in [-0.25, -0.2) is 0 Å². The van der Waals surface area contributed by atoms with Gasteiger partial charge in [-0.1, -0.05) is 41.9 Å². The molecule has 1 saturated heterocycles. The molecule has 0 unspecified atom stereocenters. The van der Waals surface area contributed by atoms with Crippen LogP contribution in [0.2, 0.25) is 5.02 Å². The lowest BCUT2D eigenvalue weighted by Gasteiger charge is -2.15. The van der Waals surface area contributed by atoms with Crippen LogP contribution in [0, 0.1) is 0 Å². The molecular weight excluding hydrogens is 580 g/mol. The zero-order valence-corrected chi connectivity index (χ0v) is 22.9. The maximum atomic E-state index is 13.0. The van der Waals surface area contributed by atoms with E-state index in [1.807, 2.05) is 31.2 Å². The molecule has 0 radical (unpaired) electrons. The number of imide groups is 1. The summed E-state index contributed by atoms with van der Waals surface area (Å²) in [6.45, 7) is 2.09. The number of thioether (sulfide) groups is 1. The molecule has 0 aromatic heterocycles. The Bertz CT molecular complexity index is 1370. The Hall–Kier alpha value is -3.27. The fraction of sp³-hybridized carbons (Fsp3) is 0.148. The molecular formula is C27H22BrClN2O5S. The molecule has 0 bridgehead atoms. The van der Waals surface area contributed by atoms with Crippen molar-refractivity contribution < 1.29 is 23.9 Å². The third-order valence-corrected chi connectivity index (χ3v) is 6.87. The number of ether oxygens (including phenoxy) is 2. The normalized spacial score (nSPS) is 14.2. The number of halogens is 2. The summed E-state index contributed by atoms with van der Waals surface area (Å²) in [5.41, 5.74) is 2.06. The van der Waals surface area contributed by atoms with E-state index in [-0.39, 0.29) is 35.1 Å².